The van der Waals surface area contributed by atoms with E-state index < -0.39 is 0 Å². The summed E-state index contributed by atoms with van der Waals surface area (Å²) in [4.78, 5) is 14.4. The molecule has 0 saturated carbocycles. The van der Waals surface area contributed by atoms with Gasteiger partial charge in [-0.05, 0) is 47.2 Å². The third-order valence-corrected chi connectivity index (χ3v) is 4.60. The summed E-state index contributed by atoms with van der Waals surface area (Å²) >= 11 is 5.40. The minimum Gasteiger partial charge on any atom is -0.338 e. The first-order valence-electron chi connectivity index (χ1n) is 5.81. The first kappa shape index (κ1) is 13.0. The number of rotatable bonds is 1. The molecule has 2 nitrogen and oxygen atoms in total. The van der Waals surface area contributed by atoms with E-state index in [9.17, 15) is 4.79 Å². The monoisotopic (exact) mass is 313 g/mol. The second kappa shape index (κ2) is 5.91. The van der Waals surface area contributed by atoms with Crippen LogP contribution in [0, 0.1) is 6.92 Å². The molecule has 0 atom stereocenters. The lowest BCUT2D eigenvalue weighted by molar-refractivity contribution is 0.0767. The van der Waals surface area contributed by atoms with Gasteiger partial charge in [0, 0.05) is 23.3 Å². The van der Waals surface area contributed by atoms with Crippen LogP contribution in [0.1, 0.15) is 22.3 Å². The van der Waals surface area contributed by atoms with Gasteiger partial charge in [-0.25, -0.2) is 0 Å². The van der Waals surface area contributed by atoms with Crippen LogP contribution in [0.3, 0.4) is 0 Å². The molecule has 0 bridgehead atoms. The number of hydrogen-bond donors (Lipinski definition) is 0. The number of hydrogen-bond acceptors (Lipinski definition) is 2. The summed E-state index contributed by atoms with van der Waals surface area (Å²) in [6.07, 6.45) is 1.10. The molecule has 2 rings (SSSR count). The minimum absolute atomic E-state index is 0.156. The van der Waals surface area contributed by atoms with Crippen LogP contribution in [0.5, 0.6) is 0 Å². The third-order valence-electron chi connectivity index (χ3n) is 2.86. The van der Waals surface area contributed by atoms with E-state index in [0.717, 1.165) is 40.9 Å². The molecule has 0 unspecified atom stereocenters. The summed E-state index contributed by atoms with van der Waals surface area (Å²) in [7, 11) is 0. The summed E-state index contributed by atoms with van der Waals surface area (Å²) < 4.78 is 0.894. The number of aryl methyl sites for hydroxylation is 1. The average molecular weight is 314 g/mol. The van der Waals surface area contributed by atoms with E-state index in [-0.39, 0.29) is 5.91 Å². The van der Waals surface area contributed by atoms with Crippen LogP contribution >= 0.6 is 27.7 Å². The number of benzene rings is 1. The Bertz CT molecular complexity index is 414. The van der Waals surface area contributed by atoms with Crippen molar-refractivity contribution in [1.82, 2.24) is 4.90 Å². The number of nitrogens with zero attached hydrogens (tertiary/aromatic N) is 1. The molecule has 1 fully saturated rings. The van der Waals surface area contributed by atoms with Crippen molar-refractivity contribution in [2.75, 3.05) is 24.6 Å². The summed E-state index contributed by atoms with van der Waals surface area (Å²) in [5, 5.41) is 0. The smallest absolute Gasteiger partial charge is 0.255 e. The van der Waals surface area contributed by atoms with Crippen LogP contribution in [0.2, 0.25) is 0 Å². The highest BCUT2D eigenvalue weighted by Crippen LogP contribution is 2.21. The van der Waals surface area contributed by atoms with Gasteiger partial charge in [-0.2, -0.15) is 11.8 Å². The fourth-order valence-electron chi connectivity index (χ4n) is 1.92. The van der Waals surface area contributed by atoms with Crippen LogP contribution in [-0.4, -0.2) is 35.4 Å². The van der Waals surface area contributed by atoms with Crippen LogP contribution in [-0.2, 0) is 0 Å². The van der Waals surface area contributed by atoms with E-state index in [1.807, 2.05) is 41.8 Å². The Balaban J connectivity index is 2.20. The molecule has 1 saturated heterocycles. The molecule has 0 aromatic heterocycles. The van der Waals surface area contributed by atoms with Gasteiger partial charge in [0.15, 0.2) is 0 Å². The van der Waals surface area contributed by atoms with Gasteiger partial charge in [0.1, 0.15) is 0 Å². The van der Waals surface area contributed by atoms with Gasteiger partial charge in [-0.15, -0.1) is 0 Å². The van der Waals surface area contributed by atoms with Crippen molar-refractivity contribution in [3.8, 4) is 0 Å². The van der Waals surface area contributed by atoms with Crippen LogP contribution < -0.4 is 0 Å². The number of carbonyl (C=O) groups is 1. The number of halogens is 1. The molecule has 92 valence electrons. The fourth-order valence-corrected chi connectivity index (χ4v) is 3.23. The second-order valence-corrected chi connectivity index (χ2v) is 6.32. The molecule has 1 aliphatic rings. The lowest BCUT2D eigenvalue weighted by Crippen LogP contribution is -2.33. The van der Waals surface area contributed by atoms with E-state index in [1.54, 1.807) is 0 Å². The van der Waals surface area contributed by atoms with Gasteiger partial charge in [0.25, 0.3) is 5.91 Å². The van der Waals surface area contributed by atoms with Crippen molar-refractivity contribution in [3.05, 3.63) is 33.8 Å². The van der Waals surface area contributed by atoms with Crippen molar-refractivity contribution in [1.29, 1.82) is 0 Å². The molecule has 0 N–H and O–H groups in total. The van der Waals surface area contributed by atoms with Gasteiger partial charge in [-0.3, -0.25) is 4.79 Å². The van der Waals surface area contributed by atoms with Crippen LogP contribution in [0.25, 0.3) is 0 Å². The summed E-state index contributed by atoms with van der Waals surface area (Å²) in [5.41, 5.74) is 1.91. The first-order chi connectivity index (χ1) is 8.18. The molecular formula is C13H16BrNOS. The molecule has 17 heavy (non-hydrogen) atoms. The molecular weight excluding hydrogens is 298 g/mol. The van der Waals surface area contributed by atoms with Crippen LogP contribution in [0.4, 0.5) is 0 Å². The SMILES string of the molecule is Cc1ccc(Br)c(C(=O)N2CCCSCC2)c1. The fraction of sp³-hybridized carbons (Fsp3) is 0.462. The Kier molecular flexibility index (Phi) is 4.51. The number of thioether (sulfide) groups is 1. The molecule has 1 aromatic carbocycles. The molecule has 1 aromatic rings. The molecule has 1 amide bonds. The van der Waals surface area contributed by atoms with Gasteiger partial charge in [-0.1, -0.05) is 11.6 Å². The van der Waals surface area contributed by atoms with E-state index in [1.165, 1.54) is 5.75 Å². The predicted octanol–water partition coefficient (Wildman–Crippen LogP) is 3.34. The van der Waals surface area contributed by atoms with E-state index in [4.69, 9.17) is 0 Å². The lowest BCUT2D eigenvalue weighted by atomic mass is 10.1. The predicted molar refractivity (Wildman–Crippen MR) is 76.7 cm³/mol. The van der Waals surface area contributed by atoms with Gasteiger partial charge < -0.3 is 4.90 Å². The highest BCUT2D eigenvalue weighted by atomic mass is 79.9. The standard InChI is InChI=1S/C13H16BrNOS/c1-10-3-4-12(14)11(9-10)13(16)15-5-2-7-17-8-6-15/h3-4,9H,2,5-8H2,1H3. The third kappa shape index (κ3) is 3.26. The van der Waals surface area contributed by atoms with Gasteiger partial charge in [0.05, 0.1) is 5.56 Å². The number of carbonyl (C=O) groups excluding carboxylic acids is 1. The first-order valence-corrected chi connectivity index (χ1v) is 7.76. The maximum absolute atomic E-state index is 12.4. The van der Waals surface area contributed by atoms with Crippen molar-refractivity contribution >= 4 is 33.6 Å². The Hall–Kier alpha value is -0.480. The highest BCUT2D eigenvalue weighted by Gasteiger charge is 2.19. The Labute approximate surface area is 115 Å². The van der Waals surface area contributed by atoms with E-state index in [0.29, 0.717) is 0 Å². The number of amides is 1. The molecule has 1 heterocycles. The minimum atomic E-state index is 0.156. The van der Waals surface area contributed by atoms with Crippen molar-refractivity contribution in [2.45, 2.75) is 13.3 Å². The highest BCUT2D eigenvalue weighted by molar-refractivity contribution is 9.10. The Morgan fingerprint density at radius 1 is 1.35 bits per heavy atom. The van der Waals surface area contributed by atoms with Crippen LogP contribution in [0.15, 0.2) is 22.7 Å². The molecule has 0 spiro atoms. The average Bonchev–Trinajstić information content (AvgIpc) is 2.60. The summed E-state index contributed by atoms with van der Waals surface area (Å²) in [5.74, 6) is 2.37. The molecule has 0 radical (unpaired) electrons. The maximum atomic E-state index is 12.4. The topological polar surface area (TPSA) is 20.3 Å². The summed E-state index contributed by atoms with van der Waals surface area (Å²) in [6.45, 7) is 3.76. The van der Waals surface area contributed by atoms with Crippen molar-refractivity contribution in [3.63, 3.8) is 0 Å². The van der Waals surface area contributed by atoms with Gasteiger partial charge in [0.2, 0.25) is 0 Å². The molecule has 4 heteroatoms. The zero-order chi connectivity index (χ0) is 12.3. The molecule has 0 aliphatic carbocycles. The Morgan fingerprint density at radius 3 is 3.00 bits per heavy atom. The summed E-state index contributed by atoms with van der Waals surface area (Å²) in [6, 6.07) is 5.93. The largest absolute Gasteiger partial charge is 0.338 e. The maximum Gasteiger partial charge on any atom is 0.255 e. The Morgan fingerprint density at radius 2 is 2.18 bits per heavy atom. The van der Waals surface area contributed by atoms with E-state index in [2.05, 4.69) is 15.9 Å². The van der Waals surface area contributed by atoms with Crippen molar-refractivity contribution < 1.29 is 4.79 Å². The van der Waals surface area contributed by atoms with Gasteiger partial charge >= 0.3 is 0 Å². The zero-order valence-corrected chi connectivity index (χ0v) is 12.3. The second-order valence-electron chi connectivity index (χ2n) is 4.24. The lowest BCUT2D eigenvalue weighted by Gasteiger charge is -2.20. The zero-order valence-electron chi connectivity index (χ0n) is 9.91. The normalized spacial score (nSPS) is 16.7. The van der Waals surface area contributed by atoms with E-state index >= 15 is 0 Å². The molecule has 1 aliphatic heterocycles. The van der Waals surface area contributed by atoms with Crippen molar-refractivity contribution in [2.24, 2.45) is 0 Å². The quantitative estimate of drug-likeness (QED) is 0.792.